The van der Waals surface area contributed by atoms with E-state index < -0.39 is 7.80 Å². The molecule has 0 fully saturated rings. The second kappa shape index (κ2) is 12.2. The fourth-order valence-electron chi connectivity index (χ4n) is 1.67. The van der Waals surface area contributed by atoms with Crippen LogP contribution in [0, 0.1) is 17.8 Å². The normalized spacial score (nSPS) is 14.4. The molecule has 0 N–H and O–H groups in total. The lowest BCUT2D eigenvalue weighted by Gasteiger charge is -2.12. The van der Waals surface area contributed by atoms with Crippen LogP contribution in [0.5, 0.6) is 0 Å². The van der Waals surface area contributed by atoms with Crippen LogP contribution in [0.1, 0.15) is 47.5 Å². The molecule has 0 aromatic carbocycles. The summed E-state index contributed by atoms with van der Waals surface area (Å²) in [7, 11) is -1.75. The molecule has 2 unspecified atom stereocenters. The van der Waals surface area contributed by atoms with Crippen LogP contribution in [0.2, 0.25) is 0 Å². The van der Waals surface area contributed by atoms with E-state index in [1.54, 1.807) is 6.92 Å². The van der Waals surface area contributed by atoms with E-state index in [0.29, 0.717) is 37.4 Å². The van der Waals surface area contributed by atoms with Crippen molar-refractivity contribution in [3.63, 3.8) is 0 Å². The molecule has 0 rings (SSSR count). The van der Waals surface area contributed by atoms with E-state index in [2.05, 4.69) is 27.7 Å². The van der Waals surface area contributed by atoms with Gasteiger partial charge in [0.05, 0.1) is 26.9 Å². The van der Waals surface area contributed by atoms with Gasteiger partial charge in [-0.25, -0.2) is 0 Å². The Morgan fingerprint density at radius 1 is 0.952 bits per heavy atom. The average molecular weight is 320 g/mol. The highest BCUT2D eigenvalue weighted by Crippen LogP contribution is 2.24. The molecular weight excluding hydrogens is 287 g/mol. The lowest BCUT2D eigenvalue weighted by atomic mass is 10.1. The van der Waals surface area contributed by atoms with Crippen LogP contribution in [-0.4, -0.2) is 38.1 Å². The largest absolute Gasteiger partial charge is 0.465 e. The summed E-state index contributed by atoms with van der Waals surface area (Å²) < 4.78 is 22.6. The summed E-state index contributed by atoms with van der Waals surface area (Å²) in [4.78, 5) is 11.7. The van der Waals surface area contributed by atoms with Gasteiger partial charge in [-0.15, -0.1) is 0 Å². The Morgan fingerprint density at radius 3 is 2.10 bits per heavy atom. The van der Waals surface area contributed by atoms with Crippen LogP contribution >= 0.6 is 7.80 Å². The van der Waals surface area contributed by atoms with Crippen LogP contribution in [0.4, 0.5) is 0 Å². The number of carbonyl (C=O) groups is 1. The van der Waals surface area contributed by atoms with E-state index in [-0.39, 0.29) is 11.9 Å². The number of rotatable bonds is 12. The smallest absolute Gasteiger partial charge is 0.309 e. The molecule has 2 atom stereocenters. The van der Waals surface area contributed by atoms with Gasteiger partial charge in [-0.1, -0.05) is 34.6 Å². The summed E-state index contributed by atoms with van der Waals surface area (Å²) in [6.07, 6.45) is 2.89. The minimum absolute atomic E-state index is 0.227. The Balaban J connectivity index is 3.70. The molecule has 0 saturated heterocycles. The summed E-state index contributed by atoms with van der Waals surface area (Å²) in [6.45, 7) is 12.0. The van der Waals surface area contributed by atoms with Crippen molar-refractivity contribution in [2.75, 3.05) is 32.1 Å². The van der Waals surface area contributed by atoms with Gasteiger partial charge in [0.25, 0.3) is 0 Å². The number of carbonyl (C=O) groups excluding carboxylic acids is 1. The van der Waals surface area contributed by atoms with E-state index in [9.17, 15) is 9.36 Å². The van der Waals surface area contributed by atoms with Gasteiger partial charge in [-0.2, -0.15) is 0 Å². The first-order valence-corrected chi connectivity index (χ1v) is 9.91. The first kappa shape index (κ1) is 20.7. The first-order valence-electron chi connectivity index (χ1n) is 8.09. The van der Waals surface area contributed by atoms with Crippen molar-refractivity contribution in [2.24, 2.45) is 17.8 Å². The third kappa shape index (κ3) is 13.1. The molecule has 21 heavy (non-hydrogen) atoms. The van der Waals surface area contributed by atoms with Crippen molar-refractivity contribution in [1.29, 1.82) is 0 Å². The van der Waals surface area contributed by atoms with Gasteiger partial charge in [0.15, 0.2) is 0 Å². The van der Waals surface area contributed by atoms with Crippen molar-refractivity contribution in [3.8, 4) is 0 Å². The molecule has 0 heterocycles. The number of ether oxygens (including phenoxy) is 2. The molecule has 0 aliphatic carbocycles. The topological polar surface area (TPSA) is 52.6 Å². The SMILES string of the molecule is CC(C)CCOCC[PH](=O)CC(C)C(=O)OCCC(C)C. The Morgan fingerprint density at radius 2 is 1.52 bits per heavy atom. The highest BCUT2D eigenvalue weighted by atomic mass is 31.1. The van der Waals surface area contributed by atoms with Crippen molar-refractivity contribution in [3.05, 3.63) is 0 Å². The average Bonchev–Trinajstić information content (AvgIpc) is 2.37. The highest BCUT2D eigenvalue weighted by molar-refractivity contribution is 7.44. The molecule has 0 aliphatic heterocycles. The monoisotopic (exact) mass is 320 g/mol. The van der Waals surface area contributed by atoms with E-state index in [1.807, 2.05) is 0 Å². The first-order chi connectivity index (χ1) is 9.82. The summed E-state index contributed by atoms with van der Waals surface area (Å²) >= 11 is 0. The van der Waals surface area contributed by atoms with Crippen LogP contribution < -0.4 is 0 Å². The zero-order valence-electron chi connectivity index (χ0n) is 14.3. The Bertz CT molecular complexity index is 303. The van der Waals surface area contributed by atoms with Crippen LogP contribution in [0.15, 0.2) is 0 Å². The summed E-state index contributed by atoms with van der Waals surface area (Å²) in [6, 6.07) is 0. The lowest BCUT2D eigenvalue weighted by molar-refractivity contribution is -0.147. The summed E-state index contributed by atoms with van der Waals surface area (Å²) in [5.41, 5.74) is 0. The quantitative estimate of drug-likeness (QED) is 0.311. The molecule has 0 spiro atoms. The van der Waals surface area contributed by atoms with Crippen LogP contribution in [-0.2, 0) is 18.8 Å². The second-order valence-electron chi connectivity index (χ2n) is 6.54. The van der Waals surface area contributed by atoms with Crippen molar-refractivity contribution in [2.45, 2.75) is 47.5 Å². The number of esters is 1. The molecule has 0 bridgehead atoms. The fourth-order valence-corrected chi connectivity index (χ4v) is 3.10. The maximum Gasteiger partial charge on any atom is 0.309 e. The maximum absolute atomic E-state index is 11.9. The molecule has 5 heteroatoms. The molecule has 126 valence electrons. The maximum atomic E-state index is 11.9. The van der Waals surface area contributed by atoms with Crippen molar-refractivity contribution < 1.29 is 18.8 Å². The minimum atomic E-state index is -1.75. The number of hydrogen-bond donors (Lipinski definition) is 0. The van der Waals surface area contributed by atoms with Gasteiger partial charge in [0.2, 0.25) is 0 Å². The number of hydrogen-bond acceptors (Lipinski definition) is 4. The van der Waals surface area contributed by atoms with Gasteiger partial charge >= 0.3 is 5.97 Å². The van der Waals surface area contributed by atoms with Gasteiger partial charge in [-0.3, -0.25) is 4.79 Å². The minimum Gasteiger partial charge on any atom is -0.465 e. The molecule has 0 aromatic rings. The molecular formula is C16H33O4P. The molecule has 0 amide bonds. The molecule has 0 saturated carbocycles. The van der Waals surface area contributed by atoms with Gasteiger partial charge in [0, 0.05) is 18.9 Å². The fraction of sp³-hybridized carbons (Fsp3) is 0.938. The lowest BCUT2D eigenvalue weighted by Crippen LogP contribution is -2.18. The zero-order valence-corrected chi connectivity index (χ0v) is 15.3. The van der Waals surface area contributed by atoms with E-state index in [1.165, 1.54) is 0 Å². The third-order valence-electron chi connectivity index (χ3n) is 3.24. The Labute approximate surface area is 130 Å². The second-order valence-corrected chi connectivity index (χ2v) is 8.52. The summed E-state index contributed by atoms with van der Waals surface area (Å²) in [5, 5.41) is 0. The zero-order chi connectivity index (χ0) is 16.3. The molecule has 4 nitrogen and oxygen atoms in total. The summed E-state index contributed by atoms with van der Waals surface area (Å²) in [5.74, 6) is 0.645. The van der Waals surface area contributed by atoms with Gasteiger partial charge < -0.3 is 14.0 Å². The Kier molecular flexibility index (Phi) is 12.0. The van der Waals surface area contributed by atoms with Crippen molar-refractivity contribution >= 4 is 13.8 Å². The molecule has 0 aliphatic rings. The standard InChI is InChI=1S/C16H33O4P/c1-13(2)6-8-19-10-11-21(18)12-15(5)16(17)20-9-7-14(3)4/h13-15,21H,6-12H2,1-5H3. The highest BCUT2D eigenvalue weighted by Gasteiger charge is 2.17. The van der Waals surface area contributed by atoms with Gasteiger partial charge in [-0.05, 0) is 24.7 Å². The van der Waals surface area contributed by atoms with E-state index in [0.717, 1.165) is 19.4 Å². The third-order valence-corrected chi connectivity index (χ3v) is 5.07. The molecule has 0 aromatic heterocycles. The predicted octanol–water partition coefficient (Wildman–Crippen LogP) is 3.83. The predicted molar refractivity (Wildman–Crippen MR) is 88.6 cm³/mol. The molecule has 0 radical (unpaired) electrons. The van der Waals surface area contributed by atoms with Crippen molar-refractivity contribution in [1.82, 2.24) is 0 Å². The van der Waals surface area contributed by atoms with E-state index in [4.69, 9.17) is 9.47 Å². The van der Waals surface area contributed by atoms with Crippen LogP contribution in [0.3, 0.4) is 0 Å². The van der Waals surface area contributed by atoms with Crippen LogP contribution in [0.25, 0.3) is 0 Å². The van der Waals surface area contributed by atoms with E-state index >= 15 is 0 Å². The van der Waals surface area contributed by atoms with Gasteiger partial charge in [0.1, 0.15) is 0 Å². The Hall–Kier alpha value is -0.340.